The van der Waals surface area contributed by atoms with Crippen molar-refractivity contribution < 1.29 is 33.3 Å². The number of amides is 2. The number of hydrogen-bond donors (Lipinski definition) is 3. The average Bonchev–Trinajstić information content (AvgIpc) is 3.75. The molecule has 2 aliphatic heterocycles. The number of rotatable bonds is 13. The number of Topliss-reactive ketones (excluding diaryl/α,β-unsaturated/α-hetero) is 1. The van der Waals surface area contributed by atoms with E-state index in [0.29, 0.717) is 76.2 Å². The first-order valence-electron chi connectivity index (χ1n) is 16.0. The molecule has 1 fully saturated rings. The van der Waals surface area contributed by atoms with E-state index in [9.17, 15) is 14.4 Å². The Kier molecular flexibility index (Phi) is 10.9. The minimum atomic E-state index is -0.811. The number of benzene rings is 2. The molecule has 1 saturated heterocycles. The van der Waals surface area contributed by atoms with Crippen molar-refractivity contribution in [3.05, 3.63) is 41.2 Å². The van der Waals surface area contributed by atoms with E-state index in [0.717, 1.165) is 0 Å². The predicted molar refractivity (Wildman–Crippen MR) is 181 cm³/mol. The molecule has 3 aromatic rings. The van der Waals surface area contributed by atoms with Gasteiger partial charge in [0.05, 0.1) is 29.2 Å². The number of halogens is 1. The van der Waals surface area contributed by atoms with Gasteiger partial charge in [-0.3, -0.25) is 14.4 Å². The van der Waals surface area contributed by atoms with E-state index in [2.05, 4.69) is 25.9 Å². The summed E-state index contributed by atoms with van der Waals surface area (Å²) in [4.78, 5) is 51.4. The van der Waals surface area contributed by atoms with Crippen LogP contribution < -0.4 is 30.2 Å². The molecule has 258 valence electrons. The van der Waals surface area contributed by atoms with Gasteiger partial charge in [-0.05, 0) is 50.4 Å². The van der Waals surface area contributed by atoms with Gasteiger partial charge in [0.15, 0.2) is 17.3 Å². The van der Waals surface area contributed by atoms with Crippen LogP contribution in [0.4, 0.5) is 11.5 Å². The summed E-state index contributed by atoms with van der Waals surface area (Å²) in [6.07, 6.45) is 2.60. The van der Waals surface area contributed by atoms with Crippen LogP contribution in [0.5, 0.6) is 17.2 Å². The second-order valence-electron chi connectivity index (χ2n) is 13.0. The van der Waals surface area contributed by atoms with Crippen LogP contribution in [-0.2, 0) is 25.5 Å². The minimum absolute atomic E-state index is 0.0111. The first-order chi connectivity index (χ1) is 22.9. The van der Waals surface area contributed by atoms with E-state index in [1.165, 1.54) is 6.33 Å². The van der Waals surface area contributed by atoms with E-state index < -0.39 is 23.5 Å². The lowest BCUT2D eigenvalue weighted by molar-refractivity contribution is -0.143. The highest BCUT2D eigenvalue weighted by molar-refractivity contribution is 6.34. The van der Waals surface area contributed by atoms with Crippen molar-refractivity contribution in [1.82, 2.24) is 25.5 Å². The number of fused-ring (bicyclic) bond motifs is 2. The molecule has 0 unspecified atom stereocenters. The Morgan fingerprint density at radius 2 is 1.94 bits per heavy atom. The third-order valence-electron chi connectivity index (χ3n) is 8.59. The number of nitrogens with zero attached hydrogens (tertiary/aromatic N) is 3. The number of carbonyl (C=O) groups excluding carboxylic acids is 3. The van der Waals surface area contributed by atoms with Crippen molar-refractivity contribution in [2.24, 2.45) is 5.41 Å². The van der Waals surface area contributed by atoms with Crippen molar-refractivity contribution in [3.8, 4) is 17.2 Å². The molecule has 3 N–H and O–H groups in total. The quantitative estimate of drug-likeness (QED) is 0.224. The summed E-state index contributed by atoms with van der Waals surface area (Å²) in [6, 6.07) is 5.08. The summed E-state index contributed by atoms with van der Waals surface area (Å²) in [6.45, 7) is 8.52. The van der Waals surface area contributed by atoms with Crippen molar-refractivity contribution >= 4 is 51.6 Å². The maximum Gasteiger partial charge on any atom is 0.246 e. The minimum Gasteiger partial charge on any atom is -0.491 e. The average molecular weight is 683 g/mol. The van der Waals surface area contributed by atoms with Gasteiger partial charge in [-0.2, -0.15) is 0 Å². The number of methoxy groups -OCH3 is 1. The third-order valence-corrected chi connectivity index (χ3v) is 8.91. The first-order valence-corrected chi connectivity index (χ1v) is 16.4. The van der Waals surface area contributed by atoms with Crippen LogP contribution in [0.2, 0.25) is 5.02 Å². The smallest absolute Gasteiger partial charge is 0.246 e. The Balaban J connectivity index is 1.45. The van der Waals surface area contributed by atoms with Crippen molar-refractivity contribution in [1.29, 1.82) is 0 Å². The van der Waals surface area contributed by atoms with Gasteiger partial charge in [0.1, 0.15) is 36.2 Å². The highest BCUT2D eigenvalue weighted by atomic mass is 35.5. The number of hydrogen-bond acceptors (Lipinski definition) is 11. The molecule has 0 bridgehead atoms. The second-order valence-corrected chi connectivity index (χ2v) is 13.4. The van der Waals surface area contributed by atoms with Crippen molar-refractivity contribution in [3.63, 3.8) is 0 Å². The maximum absolute atomic E-state index is 14.1. The van der Waals surface area contributed by atoms with Gasteiger partial charge in [0.2, 0.25) is 18.6 Å². The third kappa shape index (κ3) is 7.58. The van der Waals surface area contributed by atoms with Gasteiger partial charge >= 0.3 is 0 Å². The Labute approximate surface area is 285 Å². The standard InChI is InChI=1S/C34H43ClN6O7/c1-19(36-5)32(43)40-30(34(2,3)4)33(44)41-11-7-8-24(41)25(42)15-20-14-21-23(16-27(20)46-13-12-45-6)37-17-38-31(21)39-28-22(35)9-10-26-29(28)48-18-47-26/h9-10,14,16-17,19,24,30,36H,7-8,11-13,15,18H2,1-6H3,(H,40,43)(H,37,38,39)/t19-,24-,30+/m0/s1. The van der Waals surface area contributed by atoms with Gasteiger partial charge in [-0.15, -0.1) is 0 Å². The predicted octanol–water partition coefficient (Wildman–Crippen LogP) is 4.02. The van der Waals surface area contributed by atoms with E-state index in [1.807, 2.05) is 26.8 Å². The van der Waals surface area contributed by atoms with Crippen LogP contribution in [0.25, 0.3) is 10.9 Å². The molecule has 3 atom stereocenters. The molecular weight excluding hydrogens is 640 g/mol. The highest BCUT2D eigenvalue weighted by Gasteiger charge is 2.42. The Bertz CT molecular complexity index is 1680. The SMILES string of the molecule is CN[C@@H](C)C(=O)N[C@H](C(=O)N1CCC[C@H]1C(=O)Cc1cc2c(Nc3c(Cl)ccc4c3OCO4)ncnc2cc1OCCOC)C(C)(C)C. The molecule has 2 aromatic carbocycles. The lowest BCUT2D eigenvalue weighted by Crippen LogP contribution is -2.58. The zero-order valence-corrected chi connectivity index (χ0v) is 28.9. The summed E-state index contributed by atoms with van der Waals surface area (Å²) in [5.41, 5.74) is 1.09. The van der Waals surface area contributed by atoms with Gasteiger partial charge < -0.3 is 39.8 Å². The number of likely N-dealkylation sites (tertiary alicyclic amines) is 1. The number of carbonyl (C=O) groups is 3. The van der Waals surface area contributed by atoms with Gasteiger partial charge in [0.25, 0.3) is 0 Å². The van der Waals surface area contributed by atoms with Gasteiger partial charge in [-0.1, -0.05) is 32.4 Å². The normalized spacial score (nSPS) is 16.9. The molecule has 13 nitrogen and oxygen atoms in total. The van der Waals surface area contributed by atoms with E-state index in [4.69, 9.17) is 30.5 Å². The van der Waals surface area contributed by atoms with Crippen molar-refractivity contribution in [2.45, 2.75) is 65.1 Å². The summed E-state index contributed by atoms with van der Waals surface area (Å²) in [5, 5.41) is 10.1. The van der Waals surface area contributed by atoms with Gasteiger partial charge in [0, 0.05) is 37.1 Å². The molecule has 14 heteroatoms. The highest BCUT2D eigenvalue weighted by Crippen LogP contribution is 2.45. The number of likely N-dealkylation sites (N-methyl/N-ethyl adjacent to an activating group) is 1. The molecule has 48 heavy (non-hydrogen) atoms. The number of aromatic nitrogens is 2. The summed E-state index contributed by atoms with van der Waals surface area (Å²) in [5.74, 6) is 1.25. The lowest BCUT2D eigenvalue weighted by Gasteiger charge is -2.36. The number of nitrogens with one attached hydrogen (secondary N) is 3. The van der Waals surface area contributed by atoms with Crippen LogP contribution >= 0.6 is 11.6 Å². The molecule has 3 heterocycles. The molecule has 0 aliphatic carbocycles. The molecule has 2 amide bonds. The van der Waals surface area contributed by atoms with Crippen LogP contribution in [-0.4, -0.2) is 91.3 Å². The fraction of sp³-hybridized carbons (Fsp3) is 0.500. The first kappa shape index (κ1) is 35.1. The zero-order chi connectivity index (χ0) is 34.6. The molecule has 2 aliphatic rings. The molecule has 1 aromatic heterocycles. The monoisotopic (exact) mass is 682 g/mol. The molecule has 0 radical (unpaired) electrons. The van der Waals surface area contributed by atoms with E-state index in [-0.39, 0.29) is 37.4 Å². The summed E-state index contributed by atoms with van der Waals surface area (Å²) >= 11 is 6.54. The Hall–Kier alpha value is -4.20. The molecule has 0 saturated carbocycles. The topological polar surface area (TPSA) is 153 Å². The van der Waals surface area contributed by atoms with Crippen LogP contribution in [0, 0.1) is 5.41 Å². The Morgan fingerprint density at radius 1 is 1.15 bits per heavy atom. The number of anilines is 2. The van der Waals surface area contributed by atoms with Crippen molar-refractivity contribution in [2.75, 3.05) is 46.0 Å². The fourth-order valence-electron chi connectivity index (χ4n) is 5.80. The number of ketones is 1. The van der Waals surface area contributed by atoms with Crippen LogP contribution in [0.15, 0.2) is 30.6 Å². The van der Waals surface area contributed by atoms with E-state index in [1.54, 1.807) is 44.2 Å². The van der Waals surface area contributed by atoms with Gasteiger partial charge in [-0.25, -0.2) is 9.97 Å². The second kappa shape index (κ2) is 14.9. The lowest BCUT2D eigenvalue weighted by atomic mass is 9.85. The summed E-state index contributed by atoms with van der Waals surface area (Å²) < 4.78 is 22.4. The zero-order valence-electron chi connectivity index (χ0n) is 28.1. The van der Waals surface area contributed by atoms with Crippen LogP contribution in [0.3, 0.4) is 0 Å². The Morgan fingerprint density at radius 3 is 2.67 bits per heavy atom. The number of ether oxygens (including phenoxy) is 4. The van der Waals surface area contributed by atoms with E-state index >= 15 is 0 Å². The van der Waals surface area contributed by atoms with Crippen LogP contribution in [0.1, 0.15) is 46.1 Å². The summed E-state index contributed by atoms with van der Waals surface area (Å²) in [7, 11) is 3.27. The molecule has 0 spiro atoms. The molecular formula is C34H43ClN6O7. The fourth-order valence-corrected chi connectivity index (χ4v) is 6.00. The molecule has 5 rings (SSSR count). The largest absolute Gasteiger partial charge is 0.491 e. The maximum atomic E-state index is 14.1.